The van der Waals surface area contributed by atoms with Crippen LogP contribution in [0.25, 0.3) is 0 Å². The number of nitro groups is 1. The number of hydrogen-bond donors (Lipinski definition) is 2. The molecule has 1 aliphatic heterocycles. The maximum Gasteiger partial charge on any atom is 0.269 e. The van der Waals surface area contributed by atoms with Crippen LogP contribution in [-0.4, -0.2) is 43.2 Å². The van der Waals surface area contributed by atoms with Gasteiger partial charge in [0.25, 0.3) is 11.6 Å². The van der Waals surface area contributed by atoms with Gasteiger partial charge in [-0.3, -0.25) is 14.9 Å². The zero-order valence-electron chi connectivity index (χ0n) is 12.8. The lowest BCUT2D eigenvalue weighted by Gasteiger charge is -2.29. The van der Waals surface area contributed by atoms with Gasteiger partial charge < -0.3 is 15.4 Å². The van der Waals surface area contributed by atoms with Crippen LogP contribution >= 0.6 is 0 Å². The molecule has 1 heterocycles. The molecule has 1 aliphatic rings. The third kappa shape index (κ3) is 3.61. The van der Waals surface area contributed by atoms with Crippen LogP contribution in [0.4, 0.5) is 5.69 Å². The number of methoxy groups -OCH3 is 1. The van der Waals surface area contributed by atoms with Crippen LogP contribution in [0.5, 0.6) is 0 Å². The van der Waals surface area contributed by atoms with Crippen molar-refractivity contribution in [3.8, 4) is 0 Å². The summed E-state index contributed by atoms with van der Waals surface area (Å²) in [5.74, 6) is -0.225. The zero-order chi connectivity index (χ0) is 16.2. The number of amides is 1. The highest BCUT2D eigenvalue weighted by Crippen LogP contribution is 2.20. The molecule has 120 valence electrons. The molecule has 7 heteroatoms. The summed E-state index contributed by atoms with van der Waals surface area (Å²) in [4.78, 5) is 22.6. The number of nitrogens with zero attached hydrogens (tertiary/aromatic N) is 1. The molecule has 22 heavy (non-hydrogen) atoms. The van der Waals surface area contributed by atoms with Crippen molar-refractivity contribution in [1.29, 1.82) is 0 Å². The van der Waals surface area contributed by atoms with Gasteiger partial charge in [0.2, 0.25) is 0 Å². The number of nitrogens with one attached hydrogen (secondary N) is 2. The van der Waals surface area contributed by atoms with Crippen LogP contribution in [0, 0.1) is 17.0 Å². The Bertz CT molecular complexity index is 568. The normalized spacial score (nSPS) is 20.8. The highest BCUT2D eigenvalue weighted by Gasteiger charge is 2.33. The molecule has 0 radical (unpaired) electrons. The van der Waals surface area contributed by atoms with Crippen LogP contribution < -0.4 is 10.6 Å². The predicted octanol–water partition coefficient (Wildman–Crippen LogP) is 1.40. The maximum atomic E-state index is 12.3. The molecule has 0 saturated carbocycles. The third-order valence-electron chi connectivity index (χ3n) is 4.01. The van der Waals surface area contributed by atoms with Crippen molar-refractivity contribution in [1.82, 2.24) is 10.6 Å². The number of nitro benzene ring substituents is 1. The first kappa shape index (κ1) is 16.4. The van der Waals surface area contributed by atoms with E-state index in [-0.39, 0.29) is 17.1 Å². The van der Waals surface area contributed by atoms with Gasteiger partial charge in [0.1, 0.15) is 0 Å². The SMILES string of the molecule is COCC1(CNC(=O)c2ccc([N+](=O)[O-])cc2C)CCCN1. The van der Waals surface area contributed by atoms with E-state index in [4.69, 9.17) is 4.74 Å². The average molecular weight is 307 g/mol. The topological polar surface area (TPSA) is 93.5 Å². The van der Waals surface area contributed by atoms with Gasteiger partial charge in [0.05, 0.1) is 17.1 Å². The van der Waals surface area contributed by atoms with Crippen LogP contribution in [-0.2, 0) is 4.74 Å². The van der Waals surface area contributed by atoms with Crippen molar-refractivity contribution < 1.29 is 14.5 Å². The smallest absolute Gasteiger partial charge is 0.269 e. The fourth-order valence-electron chi connectivity index (χ4n) is 2.83. The number of benzene rings is 1. The Morgan fingerprint density at radius 2 is 2.32 bits per heavy atom. The number of ether oxygens (including phenoxy) is 1. The number of non-ortho nitro benzene ring substituents is 1. The standard InChI is InChI=1S/C15H21N3O4/c1-11-8-12(18(20)21)4-5-13(11)14(19)16-9-15(10-22-2)6-3-7-17-15/h4-5,8,17H,3,6-7,9-10H2,1-2H3,(H,16,19). The zero-order valence-corrected chi connectivity index (χ0v) is 12.8. The van der Waals surface area contributed by atoms with E-state index in [2.05, 4.69) is 10.6 Å². The second-order valence-corrected chi connectivity index (χ2v) is 5.68. The molecule has 0 aromatic heterocycles. The number of rotatable bonds is 6. The molecular weight excluding hydrogens is 286 g/mol. The summed E-state index contributed by atoms with van der Waals surface area (Å²) in [5, 5.41) is 17.0. The number of aryl methyl sites for hydroxylation is 1. The lowest BCUT2D eigenvalue weighted by Crippen LogP contribution is -2.53. The molecule has 0 aliphatic carbocycles. The Morgan fingerprint density at radius 1 is 1.55 bits per heavy atom. The van der Waals surface area contributed by atoms with Crippen LogP contribution in [0.15, 0.2) is 18.2 Å². The Morgan fingerprint density at radius 3 is 2.86 bits per heavy atom. The minimum Gasteiger partial charge on any atom is -0.383 e. The average Bonchev–Trinajstić information content (AvgIpc) is 2.94. The molecule has 1 unspecified atom stereocenters. The summed E-state index contributed by atoms with van der Waals surface area (Å²) in [5.41, 5.74) is 0.810. The minimum atomic E-state index is -0.468. The molecule has 2 N–H and O–H groups in total. The quantitative estimate of drug-likeness (QED) is 0.612. The first-order valence-corrected chi connectivity index (χ1v) is 7.25. The first-order chi connectivity index (χ1) is 10.5. The summed E-state index contributed by atoms with van der Waals surface area (Å²) in [6.45, 7) is 3.61. The van der Waals surface area contributed by atoms with Crippen molar-refractivity contribution in [2.45, 2.75) is 25.3 Å². The highest BCUT2D eigenvalue weighted by molar-refractivity contribution is 5.95. The van der Waals surface area contributed by atoms with E-state index in [0.717, 1.165) is 19.4 Å². The van der Waals surface area contributed by atoms with Crippen LogP contribution in [0.2, 0.25) is 0 Å². The maximum absolute atomic E-state index is 12.3. The van der Waals surface area contributed by atoms with Crippen molar-refractivity contribution in [3.05, 3.63) is 39.4 Å². The molecular formula is C15H21N3O4. The van der Waals surface area contributed by atoms with Gasteiger partial charge in [-0.15, -0.1) is 0 Å². The van der Waals surface area contributed by atoms with E-state index in [9.17, 15) is 14.9 Å². The summed E-state index contributed by atoms with van der Waals surface area (Å²) in [6.07, 6.45) is 2.00. The van der Waals surface area contributed by atoms with Gasteiger partial charge in [0, 0.05) is 31.4 Å². The third-order valence-corrected chi connectivity index (χ3v) is 4.01. The van der Waals surface area contributed by atoms with E-state index < -0.39 is 4.92 Å². The molecule has 7 nitrogen and oxygen atoms in total. The molecule has 1 fully saturated rings. The summed E-state index contributed by atoms with van der Waals surface area (Å²) in [7, 11) is 1.64. The second kappa shape index (κ2) is 6.85. The fourth-order valence-corrected chi connectivity index (χ4v) is 2.83. The van der Waals surface area contributed by atoms with E-state index in [1.54, 1.807) is 14.0 Å². The van der Waals surface area contributed by atoms with Crippen molar-refractivity contribution >= 4 is 11.6 Å². The molecule has 1 atom stereocenters. The highest BCUT2D eigenvalue weighted by atomic mass is 16.6. The molecule has 1 aromatic carbocycles. The Balaban J connectivity index is 2.04. The van der Waals surface area contributed by atoms with Crippen molar-refractivity contribution in [3.63, 3.8) is 0 Å². The minimum absolute atomic E-state index is 0.0117. The van der Waals surface area contributed by atoms with Crippen molar-refractivity contribution in [2.75, 3.05) is 26.8 Å². The van der Waals surface area contributed by atoms with Gasteiger partial charge in [-0.2, -0.15) is 0 Å². The Kier molecular flexibility index (Phi) is 5.10. The van der Waals surface area contributed by atoms with Crippen molar-refractivity contribution in [2.24, 2.45) is 0 Å². The number of carbonyl (C=O) groups excluding carboxylic acids is 1. The second-order valence-electron chi connectivity index (χ2n) is 5.68. The number of carbonyl (C=O) groups is 1. The lowest BCUT2D eigenvalue weighted by atomic mass is 9.98. The Labute approximate surface area is 129 Å². The van der Waals surface area contributed by atoms with E-state index in [1.807, 2.05) is 0 Å². The van der Waals surface area contributed by atoms with E-state index in [0.29, 0.717) is 24.3 Å². The molecule has 2 rings (SSSR count). The van der Waals surface area contributed by atoms with Gasteiger partial charge in [-0.05, 0) is 37.9 Å². The molecule has 1 amide bonds. The number of hydrogen-bond acceptors (Lipinski definition) is 5. The van der Waals surface area contributed by atoms with Gasteiger partial charge >= 0.3 is 0 Å². The summed E-state index contributed by atoms with van der Waals surface area (Å²) >= 11 is 0. The molecule has 0 bridgehead atoms. The van der Waals surface area contributed by atoms with Crippen LogP contribution in [0.1, 0.15) is 28.8 Å². The molecule has 0 spiro atoms. The van der Waals surface area contributed by atoms with Gasteiger partial charge in [-0.25, -0.2) is 0 Å². The monoisotopic (exact) mass is 307 g/mol. The predicted molar refractivity (Wildman–Crippen MR) is 82.0 cm³/mol. The molecule has 1 saturated heterocycles. The molecule has 1 aromatic rings. The summed E-state index contributed by atoms with van der Waals surface area (Å²) < 4.78 is 5.24. The van der Waals surface area contributed by atoms with E-state index in [1.165, 1.54) is 18.2 Å². The van der Waals surface area contributed by atoms with Gasteiger partial charge in [-0.1, -0.05) is 0 Å². The Hall–Kier alpha value is -1.99. The fraction of sp³-hybridized carbons (Fsp3) is 0.533. The summed E-state index contributed by atoms with van der Waals surface area (Å²) in [6, 6.07) is 4.25. The van der Waals surface area contributed by atoms with Gasteiger partial charge in [0.15, 0.2) is 0 Å². The van der Waals surface area contributed by atoms with Crippen LogP contribution in [0.3, 0.4) is 0 Å². The first-order valence-electron chi connectivity index (χ1n) is 7.25. The lowest BCUT2D eigenvalue weighted by molar-refractivity contribution is -0.384. The van der Waals surface area contributed by atoms with E-state index >= 15 is 0 Å². The largest absolute Gasteiger partial charge is 0.383 e.